The van der Waals surface area contributed by atoms with Crippen LogP contribution in [0.4, 0.5) is 0 Å². The molecule has 0 aliphatic carbocycles. The van der Waals surface area contributed by atoms with E-state index in [4.69, 9.17) is 4.42 Å². The average Bonchev–Trinajstić information content (AvgIpc) is 2.84. The van der Waals surface area contributed by atoms with Gasteiger partial charge in [-0.1, -0.05) is 38.1 Å². The Morgan fingerprint density at radius 3 is 2.43 bits per heavy atom. The summed E-state index contributed by atoms with van der Waals surface area (Å²) in [4.78, 5) is 11.4. The highest BCUT2D eigenvalue weighted by molar-refractivity contribution is 8.03. The van der Waals surface area contributed by atoms with E-state index in [9.17, 15) is 9.90 Å². The molecule has 1 aromatic carbocycles. The van der Waals surface area contributed by atoms with Crippen LogP contribution in [0.15, 0.2) is 38.8 Å². The van der Waals surface area contributed by atoms with Gasteiger partial charge in [0.1, 0.15) is 4.91 Å². The van der Waals surface area contributed by atoms with Gasteiger partial charge in [0.05, 0.1) is 0 Å². The average molecular weight is 304 g/mol. The van der Waals surface area contributed by atoms with Crippen LogP contribution in [0.1, 0.15) is 36.8 Å². The molecule has 2 rings (SSSR count). The lowest BCUT2D eigenvalue weighted by molar-refractivity contribution is -0.131. The smallest absolute Gasteiger partial charge is 0.342 e. The lowest BCUT2D eigenvalue weighted by Crippen LogP contribution is -1.97. The molecule has 0 aliphatic rings. The van der Waals surface area contributed by atoms with Gasteiger partial charge in [0.25, 0.3) is 5.22 Å². The SMILES string of the molecule is Cc1nnc(S/C(=C\c2ccc(C(C)C)cc2)C(=O)O)o1. The van der Waals surface area contributed by atoms with Gasteiger partial charge in [0, 0.05) is 6.92 Å². The summed E-state index contributed by atoms with van der Waals surface area (Å²) in [5.74, 6) is -0.176. The number of rotatable bonds is 5. The highest BCUT2D eigenvalue weighted by atomic mass is 32.2. The number of aryl methyl sites for hydroxylation is 1. The van der Waals surface area contributed by atoms with E-state index in [1.165, 1.54) is 5.56 Å². The Labute approximate surface area is 127 Å². The van der Waals surface area contributed by atoms with E-state index >= 15 is 0 Å². The molecule has 0 radical (unpaired) electrons. The van der Waals surface area contributed by atoms with Crippen molar-refractivity contribution in [1.29, 1.82) is 0 Å². The van der Waals surface area contributed by atoms with E-state index in [2.05, 4.69) is 24.0 Å². The van der Waals surface area contributed by atoms with E-state index in [0.29, 0.717) is 11.8 Å². The minimum atomic E-state index is -1.02. The van der Waals surface area contributed by atoms with E-state index < -0.39 is 5.97 Å². The predicted molar refractivity (Wildman–Crippen MR) is 81.0 cm³/mol. The van der Waals surface area contributed by atoms with Crippen LogP contribution in [0.25, 0.3) is 6.08 Å². The van der Waals surface area contributed by atoms with E-state index in [1.807, 2.05) is 24.3 Å². The highest BCUT2D eigenvalue weighted by Gasteiger charge is 2.14. The van der Waals surface area contributed by atoms with Crippen LogP contribution < -0.4 is 0 Å². The number of carboxylic acid groups (broad SMARTS) is 1. The largest absolute Gasteiger partial charge is 0.477 e. The summed E-state index contributed by atoms with van der Waals surface area (Å²) in [5.41, 5.74) is 2.03. The summed E-state index contributed by atoms with van der Waals surface area (Å²) in [6, 6.07) is 7.80. The summed E-state index contributed by atoms with van der Waals surface area (Å²) in [6.07, 6.45) is 1.59. The molecule has 6 heteroatoms. The topological polar surface area (TPSA) is 76.2 Å². The van der Waals surface area contributed by atoms with Crippen LogP contribution in [0, 0.1) is 6.92 Å². The van der Waals surface area contributed by atoms with E-state index in [0.717, 1.165) is 17.3 Å². The van der Waals surface area contributed by atoms with Gasteiger partial charge in [-0.15, -0.1) is 10.2 Å². The maximum atomic E-state index is 11.3. The summed E-state index contributed by atoms with van der Waals surface area (Å²) >= 11 is 0.944. The predicted octanol–water partition coefficient (Wildman–Crippen LogP) is 3.72. The van der Waals surface area contributed by atoms with Crippen LogP contribution in [-0.4, -0.2) is 21.3 Å². The van der Waals surface area contributed by atoms with Gasteiger partial charge in [-0.05, 0) is 34.9 Å². The molecule has 5 nitrogen and oxygen atoms in total. The highest BCUT2D eigenvalue weighted by Crippen LogP contribution is 2.27. The van der Waals surface area contributed by atoms with Gasteiger partial charge in [-0.2, -0.15) is 0 Å². The molecule has 0 atom stereocenters. The number of carbonyl (C=O) groups is 1. The molecule has 1 aromatic heterocycles. The van der Waals surface area contributed by atoms with Gasteiger partial charge >= 0.3 is 5.97 Å². The summed E-state index contributed by atoms with van der Waals surface area (Å²) in [6.45, 7) is 5.88. The number of hydrogen-bond acceptors (Lipinski definition) is 5. The Kier molecular flexibility index (Phi) is 4.80. The first-order valence-electron chi connectivity index (χ1n) is 6.48. The number of carboxylic acids is 1. The molecular weight excluding hydrogens is 288 g/mol. The Morgan fingerprint density at radius 2 is 1.95 bits per heavy atom. The molecule has 0 fully saturated rings. The number of thioether (sulfide) groups is 1. The molecule has 1 N–H and O–H groups in total. The molecule has 0 aliphatic heterocycles. The molecule has 21 heavy (non-hydrogen) atoms. The standard InChI is InChI=1S/C15H16N2O3S/c1-9(2)12-6-4-11(5-7-12)8-13(14(18)19)21-15-17-16-10(3)20-15/h4-9H,1-3H3,(H,18,19)/b13-8-. The molecule has 2 aromatic rings. The normalized spacial score (nSPS) is 11.9. The number of hydrogen-bond donors (Lipinski definition) is 1. The summed E-state index contributed by atoms with van der Waals surface area (Å²) in [7, 11) is 0. The molecule has 0 unspecified atom stereocenters. The van der Waals surface area contributed by atoms with Crippen molar-refractivity contribution in [1.82, 2.24) is 10.2 Å². The van der Waals surface area contributed by atoms with Crippen molar-refractivity contribution in [3.05, 3.63) is 46.2 Å². The van der Waals surface area contributed by atoms with Crippen molar-refractivity contribution in [2.45, 2.75) is 31.9 Å². The van der Waals surface area contributed by atoms with Crippen molar-refractivity contribution in [3.63, 3.8) is 0 Å². The van der Waals surface area contributed by atoms with Crippen molar-refractivity contribution in [3.8, 4) is 0 Å². The van der Waals surface area contributed by atoms with Crippen LogP contribution in [0.3, 0.4) is 0 Å². The van der Waals surface area contributed by atoms with Gasteiger partial charge in [-0.3, -0.25) is 0 Å². The maximum absolute atomic E-state index is 11.3. The number of aromatic nitrogens is 2. The van der Waals surface area contributed by atoms with Gasteiger partial charge in [-0.25, -0.2) is 4.79 Å². The lowest BCUT2D eigenvalue weighted by atomic mass is 10.0. The number of aliphatic carboxylic acids is 1. The first-order chi connectivity index (χ1) is 9.95. The maximum Gasteiger partial charge on any atom is 0.342 e. The number of nitrogens with zero attached hydrogens (tertiary/aromatic N) is 2. The van der Waals surface area contributed by atoms with Gasteiger partial charge < -0.3 is 9.52 Å². The lowest BCUT2D eigenvalue weighted by Gasteiger charge is -2.05. The second-order valence-electron chi connectivity index (χ2n) is 4.82. The quantitative estimate of drug-likeness (QED) is 0.670. The van der Waals surface area contributed by atoms with Crippen LogP contribution in [0.2, 0.25) is 0 Å². The molecule has 0 spiro atoms. The fraction of sp³-hybridized carbons (Fsp3) is 0.267. The Balaban J connectivity index is 2.22. The zero-order valence-corrected chi connectivity index (χ0v) is 12.8. The van der Waals surface area contributed by atoms with Crippen molar-refractivity contribution in [2.24, 2.45) is 0 Å². The van der Waals surface area contributed by atoms with Gasteiger partial charge in [0.15, 0.2) is 0 Å². The first-order valence-corrected chi connectivity index (χ1v) is 7.30. The molecule has 110 valence electrons. The fourth-order valence-electron chi connectivity index (χ4n) is 1.68. The molecule has 0 bridgehead atoms. The first kappa shape index (κ1) is 15.3. The fourth-order valence-corrected chi connectivity index (χ4v) is 2.39. The van der Waals surface area contributed by atoms with E-state index in [-0.39, 0.29) is 10.1 Å². The third kappa shape index (κ3) is 4.19. The van der Waals surface area contributed by atoms with E-state index in [1.54, 1.807) is 13.0 Å². The second kappa shape index (κ2) is 6.58. The van der Waals surface area contributed by atoms with Crippen molar-refractivity contribution < 1.29 is 14.3 Å². The van der Waals surface area contributed by atoms with Crippen LogP contribution in [-0.2, 0) is 4.79 Å². The number of benzene rings is 1. The van der Waals surface area contributed by atoms with Crippen LogP contribution >= 0.6 is 11.8 Å². The molecular formula is C15H16N2O3S. The molecule has 0 saturated carbocycles. The Morgan fingerprint density at radius 1 is 1.29 bits per heavy atom. The molecule has 0 saturated heterocycles. The summed E-state index contributed by atoms with van der Waals surface area (Å²) < 4.78 is 5.19. The second-order valence-corrected chi connectivity index (χ2v) is 5.82. The third-order valence-electron chi connectivity index (χ3n) is 2.82. The van der Waals surface area contributed by atoms with Crippen molar-refractivity contribution >= 4 is 23.8 Å². The Hall–Kier alpha value is -2.08. The zero-order valence-electron chi connectivity index (χ0n) is 12.0. The zero-order chi connectivity index (χ0) is 15.4. The van der Waals surface area contributed by atoms with Crippen molar-refractivity contribution in [2.75, 3.05) is 0 Å². The molecule has 1 heterocycles. The molecule has 0 amide bonds. The Bertz CT molecular complexity index is 660. The van der Waals surface area contributed by atoms with Crippen LogP contribution in [0.5, 0.6) is 0 Å². The minimum absolute atomic E-state index is 0.135. The third-order valence-corrected chi connectivity index (χ3v) is 3.67. The monoisotopic (exact) mass is 304 g/mol. The summed E-state index contributed by atoms with van der Waals surface area (Å²) in [5, 5.41) is 17.0. The minimum Gasteiger partial charge on any atom is -0.477 e. The van der Waals surface area contributed by atoms with Gasteiger partial charge in [0.2, 0.25) is 5.89 Å².